The van der Waals surface area contributed by atoms with Crippen LogP contribution < -0.4 is 5.32 Å². The Bertz CT molecular complexity index is 1190. The molecule has 1 aliphatic carbocycles. The summed E-state index contributed by atoms with van der Waals surface area (Å²) in [6, 6.07) is 13.8. The Labute approximate surface area is 182 Å². The Morgan fingerprint density at radius 1 is 1.03 bits per heavy atom. The Morgan fingerprint density at radius 2 is 1.81 bits per heavy atom. The molecule has 1 saturated carbocycles. The van der Waals surface area contributed by atoms with Crippen molar-refractivity contribution in [1.82, 2.24) is 9.88 Å². The second kappa shape index (κ2) is 7.80. The number of hydrogen-bond acceptors (Lipinski definition) is 3. The van der Waals surface area contributed by atoms with Gasteiger partial charge in [0.05, 0.1) is 11.1 Å². The van der Waals surface area contributed by atoms with E-state index in [4.69, 9.17) is 4.98 Å². The van der Waals surface area contributed by atoms with Crippen molar-refractivity contribution in [2.75, 3.05) is 5.32 Å². The molecule has 0 saturated heterocycles. The molecule has 2 heterocycles. The average molecular weight is 414 g/mol. The third-order valence-electron chi connectivity index (χ3n) is 6.88. The standard InChI is InChI=1S/C26H27N3O2/c1-16-9-8-14-21(17(16)2)28-25(30)23-19-12-6-7-13-22(19)27-24-20(23)15-29(26(24)31)18-10-4-3-5-11-18/h6-9,12-14,18H,3-5,10-11,15H2,1-2H3,(H,28,30). The molecule has 0 unspecified atom stereocenters. The van der Waals surface area contributed by atoms with E-state index in [0.29, 0.717) is 23.3 Å². The lowest BCUT2D eigenvalue weighted by Crippen LogP contribution is -2.37. The summed E-state index contributed by atoms with van der Waals surface area (Å²) in [7, 11) is 0. The van der Waals surface area contributed by atoms with Gasteiger partial charge in [0.2, 0.25) is 0 Å². The van der Waals surface area contributed by atoms with Crippen molar-refractivity contribution in [3.8, 4) is 0 Å². The third kappa shape index (κ3) is 3.38. The van der Waals surface area contributed by atoms with Crippen molar-refractivity contribution in [1.29, 1.82) is 0 Å². The number of fused-ring (bicyclic) bond motifs is 2. The van der Waals surface area contributed by atoms with Gasteiger partial charge in [0.25, 0.3) is 11.8 Å². The van der Waals surface area contributed by atoms with Gasteiger partial charge in [-0.2, -0.15) is 0 Å². The molecule has 0 radical (unpaired) electrons. The van der Waals surface area contributed by atoms with Gasteiger partial charge in [-0.3, -0.25) is 9.59 Å². The molecule has 2 aliphatic rings. The molecule has 0 atom stereocenters. The Balaban J connectivity index is 1.59. The van der Waals surface area contributed by atoms with Crippen molar-refractivity contribution in [3.63, 3.8) is 0 Å². The van der Waals surface area contributed by atoms with Gasteiger partial charge in [0.15, 0.2) is 0 Å². The summed E-state index contributed by atoms with van der Waals surface area (Å²) >= 11 is 0. The molecule has 1 fully saturated rings. The highest BCUT2D eigenvalue weighted by Crippen LogP contribution is 2.35. The van der Waals surface area contributed by atoms with Crippen molar-refractivity contribution in [3.05, 3.63) is 70.4 Å². The van der Waals surface area contributed by atoms with Gasteiger partial charge in [0, 0.05) is 29.2 Å². The molecule has 2 aromatic carbocycles. The zero-order chi connectivity index (χ0) is 21.5. The van der Waals surface area contributed by atoms with E-state index >= 15 is 0 Å². The minimum absolute atomic E-state index is 0.0339. The fraction of sp³-hybridized carbons (Fsp3) is 0.346. The normalized spacial score (nSPS) is 16.6. The number of nitrogens with one attached hydrogen (secondary N) is 1. The van der Waals surface area contributed by atoms with Crippen molar-refractivity contribution in [2.24, 2.45) is 0 Å². The first kappa shape index (κ1) is 19.7. The maximum Gasteiger partial charge on any atom is 0.273 e. The van der Waals surface area contributed by atoms with E-state index in [1.807, 2.05) is 61.2 Å². The predicted octanol–water partition coefficient (Wildman–Crippen LogP) is 5.39. The topological polar surface area (TPSA) is 62.3 Å². The zero-order valence-electron chi connectivity index (χ0n) is 18.1. The molecule has 1 N–H and O–H groups in total. The Morgan fingerprint density at radius 3 is 2.61 bits per heavy atom. The van der Waals surface area contributed by atoms with Crippen LogP contribution in [0.3, 0.4) is 0 Å². The third-order valence-corrected chi connectivity index (χ3v) is 6.88. The maximum absolute atomic E-state index is 13.6. The summed E-state index contributed by atoms with van der Waals surface area (Å²) < 4.78 is 0. The highest BCUT2D eigenvalue weighted by Gasteiger charge is 2.38. The van der Waals surface area contributed by atoms with Crippen molar-refractivity contribution in [2.45, 2.75) is 58.5 Å². The first-order valence-electron chi connectivity index (χ1n) is 11.1. The molecule has 5 heteroatoms. The molecular weight excluding hydrogens is 386 g/mol. The first-order chi connectivity index (χ1) is 15.0. The van der Waals surface area contributed by atoms with E-state index in [9.17, 15) is 9.59 Å². The molecule has 1 aromatic heterocycles. The van der Waals surface area contributed by atoms with Crippen LogP contribution in [-0.4, -0.2) is 27.7 Å². The lowest BCUT2D eigenvalue weighted by Gasteiger charge is -2.30. The zero-order valence-corrected chi connectivity index (χ0v) is 18.1. The summed E-state index contributed by atoms with van der Waals surface area (Å²) in [5.74, 6) is -0.213. The number of rotatable bonds is 3. The molecular formula is C26H27N3O2. The summed E-state index contributed by atoms with van der Waals surface area (Å²) in [5, 5.41) is 3.90. The smallest absolute Gasteiger partial charge is 0.273 e. The number of carbonyl (C=O) groups is 2. The summed E-state index contributed by atoms with van der Waals surface area (Å²) in [5.41, 5.74) is 5.44. The molecule has 0 spiro atoms. The predicted molar refractivity (Wildman–Crippen MR) is 122 cm³/mol. The van der Waals surface area contributed by atoms with Gasteiger partial charge in [-0.15, -0.1) is 0 Å². The van der Waals surface area contributed by atoms with Gasteiger partial charge in [-0.05, 0) is 49.9 Å². The number of carbonyl (C=O) groups excluding carboxylic acids is 2. The van der Waals surface area contributed by atoms with Crippen LogP contribution in [-0.2, 0) is 6.54 Å². The number of anilines is 1. The summed E-state index contributed by atoms with van der Waals surface area (Å²) in [4.78, 5) is 33.5. The van der Waals surface area contributed by atoms with Gasteiger partial charge in [-0.25, -0.2) is 4.98 Å². The number of amides is 2. The molecule has 5 rings (SSSR count). The molecule has 1 aliphatic heterocycles. The van der Waals surface area contributed by atoms with Gasteiger partial charge in [-0.1, -0.05) is 49.6 Å². The van der Waals surface area contributed by atoms with E-state index in [-0.39, 0.29) is 17.9 Å². The minimum Gasteiger partial charge on any atom is -0.330 e. The number of para-hydroxylation sites is 1. The van der Waals surface area contributed by atoms with Crippen LogP contribution in [0.15, 0.2) is 42.5 Å². The summed E-state index contributed by atoms with van der Waals surface area (Å²) in [6.45, 7) is 4.51. The van der Waals surface area contributed by atoms with E-state index in [0.717, 1.165) is 53.4 Å². The van der Waals surface area contributed by atoms with E-state index < -0.39 is 0 Å². The monoisotopic (exact) mass is 413 g/mol. The number of benzene rings is 2. The number of hydrogen-bond donors (Lipinski definition) is 1. The first-order valence-corrected chi connectivity index (χ1v) is 11.1. The second-order valence-electron chi connectivity index (χ2n) is 8.76. The Kier molecular flexibility index (Phi) is 4.97. The fourth-order valence-corrected chi connectivity index (χ4v) is 4.98. The number of aromatic nitrogens is 1. The number of nitrogens with zero attached hydrogens (tertiary/aromatic N) is 2. The van der Waals surface area contributed by atoms with E-state index in [1.54, 1.807) is 0 Å². The lowest BCUT2D eigenvalue weighted by atomic mass is 9.94. The van der Waals surface area contributed by atoms with Gasteiger partial charge in [0.1, 0.15) is 5.69 Å². The molecule has 31 heavy (non-hydrogen) atoms. The second-order valence-corrected chi connectivity index (χ2v) is 8.76. The molecule has 2 amide bonds. The molecule has 3 aromatic rings. The fourth-order valence-electron chi connectivity index (χ4n) is 4.98. The Hall–Kier alpha value is -3.21. The molecule has 158 valence electrons. The maximum atomic E-state index is 13.6. The lowest BCUT2D eigenvalue weighted by molar-refractivity contribution is 0.0655. The van der Waals surface area contributed by atoms with Crippen molar-refractivity contribution < 1.29 is 9.59 Å². The van der Waals surface area contributed by atoms with E-state index in [2.05, 4.69) is 5.32 Å². The molecule has 0 bridgehead atoms. The van der Waals surface area contributed by atoms with Crippen LogP contribution in [0.5, 0.6) is 0 Å². The summed E-state index contributed by atoms with van der Waals surface area (Å²) in [6.07, 6.45) is 5.60. The van der Waals surface area contributed by atoms with Crippen molar-refractivity contribution >= 4 is 28.4 Å². The quantitative estimate of drug-likeness (QED) is 0.626. The number of pyridine rings is 1. The highest BCUT2D eigenvalue weighted by atomic mass is 16.2. The molecule has 5 nitrogen and oxygen atoms in total. The van der Waals surface area contributed by atoms with Crippen LogP contribution in [0.2, 0.25) is 0 Å². The highest BCUT2D eigenvalue weighted by molar-refractivity contribution is 6.16. The van der Waals surface area contributed by atoms with Gasteiger partial charge < -0.3 is 10.2 Å². The van der Waals surface area contributed by atoms with Crippen LogP contribution in [0.25, 0.3) is 10.9 Å². The van der Waals surface area contributed by atoms with E-state index in [1.165, 1.54) is 6.42 Å². The number of aryl methyl sites for hydroxylation is 1. The largest absolute Gasteiger partial charge is 0.330 e. The SMILES string of the molecule is Cc1cccc(NC(=O)c2c3c(nc4ccccc24)C(=O)N(C2CCCCC2)C3)c1C. The minimum atomic E-state index is -0.179. The average Bonchev–Trinajstić information content (AvgIpc) is 3.11. The van der Waals surface area contributed by atoms with Crippen LogP contribution in [0.4, 0.5) is 5.69 Å². The van der Waals surface area contributed by atoms with Gasteiger partial charge >= 0.3 is 0 Å². The van der Waals surface area contributed by atoms with Crippen LogP contribution >= 0.6 is 0 Å². The van der Waals surface area contributed by atoms with Crippen LogP contribution in [0.1, 0.15) is 69.6 Å². The van der Waals surface area contributed by atoms with Crippen LogP contribution in [0, 0.1) is 13.8 Å².